The maximum absolute atomic E-state index is 11.7. The van der Waals surface area contributed by atoms with Crippen LogP contribution in [-0.2, 0) is 11.2 Å². The van der Waals surface area contributed by atoms with Gasteiger partial charge in [0, 0.05) is 12.0 Å². The smallest absolute Gasteiger partial charge is 0.341 e. The van der Waals surface area contributed by atoms with E-state index in [2.05, 4.69) is 0 Å². The number of rotatable bonds is 2. The summed E-state index contributed by atoms with van der Waals surface area (Å²) >= 11 is 0. The number of carbonyl (C=O) groups is 1. The molecule has 0 spiro atoms. The van der Waals surface area contributed by atoms with Crippen molar-refractivity contribution in [2.24, 2.45) is 0 Å². The zero-order valence-electron chi connectivity index (χ0n) is 10.5. The number of esters is 1. The van der Waals surface area contributed by atoms with Crippen LogP contribution in [-0.4, -0.2) is 25.8 Å². The first-order valence-corrected chi connectivity index (χ1v) is 5.45. The molecule has 1 aliphatic rings. The summed E-state index contributed by atoms with van der Waals surface area (Å²) in [4.78, 5) is 11.7. The van der Waals surface area contributed by atoms with Crippen molar-refractivity contribution in [3.63, 3.8) is 0 Å². The minimum atomic E-state index is -0.405. The van der Waals surface area contributed by atoms with Gasteiger partial charge in [-0.25, -0.2) is 4.79 Å². The van der Waals surface area contributed by atoms with E-state index in [9.17, 15) is 4.79 Å². The number of ether oxygens (including phenoxy) is 3. The molecule has 4 nitrogen and oxygen atoms in total. The van der Waals surface area contributed by atoms with Crippen LogP contribution >= 0.6 is 0 Å². The molecule has 1 aliphatic heterocycles. The Bertz CT molecular complexity index is 463. The van der Waals surface area contributed by atoms with Gasteiger partial charge in [-0.1, -0.05) is 0 Å². The minimum absolute atomic E-state index is 0.294. The summed E-state index contributed by atoms with van der Waals surface area (Å²) in [6.07, 6.45) is 0.753. The zero-order valence-corrected chi connectivity index (χ0v) is 10.5. The molecule has 0 aromatic heterocycles. The van der Waals surface area contributed by atoms with E-state index >= 15 is 0 Å². The quantitative estimate of drug-likeness (QED) is 0.738. The van der Waals surface area contributed by atoms with E-state index in [0.29, 0.717) is 17.1 Å². The molecule has 1 aromatic rings. The lowest BCUT2D eigenvalue weighted by Gasteiger charge is -2.17. The molecule has 0 saturated carbocycles. The Labute approximate surface area is 100 Å². The van der Waals surface area contributed by atoms with E-state index in [1.165, 1.54) is 7.11 Å². The fourth-order valence-corrected chi connectivity index (χ4v) is 2.06. The SMILES string of the molecule is COC(=O)c1cc(OC)cc2c1OC(C)(C)C2. The van der Waals surface area contributed by atoms with E-state index in [4.69, 9.17) is 14.2 Å². The lowest BCUT2D eigenvalue weighted by molar-refractivity contribution is 0.0589. The summed E-state index contributed by atoms with van der Waals surface area (Å²) in [5, 5.41) is 0. The highest BCUT2D eigenvalue weighted by atomic mass is 16.5. The molecule has 0 bridgehead atoms. The second kappa shape index (κ2) is 3.95. The highest BCUT2D eigenvalue weighted by Crippen LogP contribution is 2.40. The van der Waals surface area contributed by atoms with Gasteiger partial charge in [0.2, 0.25) is 0 Å². The van der Waals surface area contributed by atoms with Crippen molar-refractivity contribution in [1.82, 2.24) is 0 Å². The Morgan fingerprint density at radius 1 is 1.35 bits per heavy atom. The van der Waals surface area contributed by atoms with E-state index in [0.717, 1.165) is 12.0 Å². The fraction of sp³-hybridized carbons (Fsp3) is 0.462. The van der Waals surface area contributed by atoms with E-state index in [-0.39, 0.29) is 5.60 Å². The maximum Gasteiger partial charge on any atom is 0.341 e. The van der Waals surface area contributed by atoms with Crippen LogP contribution in [0, 0.1) is 0 Å². The lowest BCUT2D eigenvalue weighted by atomic mass is 10.00. The number of benzene rings is 1. The molecule has 0 fully saturated rings. The molecule has 0 saturated heterocycles. The van der Waals surface area contributed by atoms with Crippen molar-refractivity contribution in [1.29, 1.82) is 0 Å². The zero-order chi connectivity index (χ0) is 12.6. The second-order valence-corrected chi connectivity index (χ2v) is 4.69. The van der Waals surface area contributed by atoms with E-state index in [1.54, 1.807) is 13.2 Å². The average molecular weight is 236 g/mol. The van der Waals surface area contributed by atoms with Gasteiger partial charge in [-0.15, -0.1) is 0 Å². The van der Waals surface area contributed by atoms with Gasteiger partial charge < -0.3 is 14.2 Å². The summed E-state index contributed by atoms with van der Waals surface area (Å²) in [7, 11) is 2.93. The summed E-state index contributed by atoms with van der Waals surface area (Å²) in [5.41, 5.74) is 1.11. The van der Waals surface area contributed by atoms with Crippen LogP contribution in [0.2, 0.25) is 0 Å². The first-order chi connectivity index (χ1) is 7.96. The molecule has 1 heterocycles. The predicted molar refractivity (Wildman–Crippen MR) is 62.7 cm³/mol. The van der Waals surface area contributed by atoms with Crippen LogP contribution in [0.5, 0.6) is 11.5 Å². The highest BCUT2D eigenvalue weighted by molar-refractivity contribution is 5.93. The molecule has 1 aromatic carbocycles. The maximum atomic E-state index is 11.7. The van der Waals surface area contributed by atoms with E-state index < -0.39 is 5.97 Å². The van der Waals surface area contributed by atoms with Crippen molar-refractivity contribution < 1.29 is 19.0 Å². The number of methoxy groups -OCH3 is 2. The molecule has 0 amide bonds. The van der Waals surface area contributed by atoms with Gasteiger partial charge in [-0.3, -0.25) is 0 Å². The summed E-state index contributed by atoms with van der Waals surface area (Å²) in [6, 6.07) is 3.54. The Morgan fingerprint density at radius 3 is 2.65 bits per heavy atom. The lowest BCUT2D eigenvalue weighted by Crippen LogP contribution is -2.25. The van der Waals surface area contributed by atoms with Gasteiger partial charge in [0.05, 0.1) is 14.2 Å². The first kappa shape index (κ1) is 11.8. The third kappa shape index (κ3) is 2.07. The van der Waals surface area contributed by atoms with Crippen molar-refractivity contribution in [3.8, 4) is 11.5 Å². The molecule has 2 rings (SSSR count). The minimum Gasteiger partial charge on any atom is -0.497 e. The monoisotopic (exact) mass is 236 g/mol. The largest absolute Gasteiger partial charge is 0.497 e. The van der Waals surface area contributed by atoms with Gasteiger partial charge in [0.1, 0.15) is 22.7 Å². The van der Waals surface area contributed by atoms with Crippen molar-refractivity contribution in [2.45, 2.75) is 25.9 Å². The van der Waals surface area contributed by atoms with Gasteiger partial charge in [0.15, 0.2) is 0 Å². The molecular weight excluding hydrogens is 220 g/mol. The van der Waals surface area contributed by atoms with Crippen molar-refractivity contribution in [2.75, 3.05) is 14.2 Å². The van der Waals surface area contributed by atoms with Crippen LogP contribution < -0.4 is 9.47 Å². The summed E-state index contributed by atoms with van der Waals surface area (Å²) < 4.78 is 15.7. The molecule has 0 aliphatic carbocycles. The Hall–Kier alpha value is -1.71. The predicted octanol–water partition coefficient (Wildman–Crippen LogP) is 2.20. The Balaban J connectivity index is 2.53. The molecule has 0 unspecified atom stereocenters. The molecule has 0 N–H and O–H groups in total. The van der Waals surface area contributed by atoms with Gasteiger partial charge in [-0.05, 0) is 26.0 Å². The number of hydrogen-bond donors (Lipinski definition) is 0. The van der Waals surface area contributed by atoms with Crippen LogP contribution in [0.25, 0.3) is 0 Å². The van der Waals surface area contributed by atoms with Crippen LogP contribution in [0.3, 0.4) is 0 Å². The topological polar surface area (TPSA) is 44.8 Å². The van der Waals surface area contributed by atoms with Crippen LogP contribution in [0.1, 0.15) is 29.8 Å². The highest BCUT2D eigenvalue weighted by Gasteiger charge is 2.34. The number of carbonyl (C=O) groups excluding carboxylic acids is 1. The molecule has 4 heteroatoms. The number of fused-ring (bicyclic) bond motifs is 1. The first-order valence-electron chi connectivity index (χ1n) is 5.45. The Morgan fingerprint density at radius 2 is 2.06 bits per heavy atom. The number of hydrogen-bond acceptors (Lipinski definition) is 4. The molecular formula is C13H16O4. The summed E-state index contributed by atoms with van der Waals surface area (Å²) in [6.45, 7) is 3.97. The standard InChI is InChI=1S/C13H16O4/c1-13(2)7-8-5-9(15-3)6-10(11(8)17-13)12(14)16-4/h5-6H,7H2,1-4H3. The third-order valence-corrected chi connectivity index (χ3v) is 2.77. The summed E-state index contributed by atoms with van der Waals surface area (Å²) in [5.74, 6) is 0.853. The average Bonchev–Trinajstić information content (AvgIpc) is 2.60. The van der Waals surface area contributed by atoms with Gasteiger partial charge in [-0.2, -0.15) is 0 Å². The van der Waals surface area contributed by atoms with E-state index in [1.807, 2.05) is 19.9 Å². The normalized spacial score (nSPS) is 16.0. The molecule has 0 atom stereocenters. The molecule has 17 heavy (non-hydrogen) atoms. The Kier molecular flexibility index (Phi) is 2.73. The second-order valence-electron chi connectivity index (χ2n) is 4.69. The fourth-order valence-electron chi connectivity index (χ4n) is 2.06. The molecule has 0 radical (unpaired) electrons. The molecule has 92 valence electrons. The van der Waals surface area contributed by atoms with Crippen LogP contribution in [0.15, 0.2) is 12.1 Å². The van der Waals surface area contributed by atoms with Crippen molar-refractivity contribution >= 4 is 5.97 Å². The van der Waals surface area contributed by atoms with Crippen LogP contribution in [0.4, 0.5) is 0 Å². The van der Waals surface area contributed by atoms with Crippen molar-refractivity contribution in [3.05, 3.63) is 23.3 Å². The third-order valence-electron chi connectivity index (χ3n) is 2.77. The van der Waals surface area contributed by atoms with Gasteiger partial charge >= 0.3 is 5.97 Å². The van der Waals surface area contributed by atoms with Gasteiger partial charge in [0.25, 0.3) is 0 Å².